The van der Waals surface area contributed by atoms with Gasteiger partial charge in [0.05, 0.1) is 12.4 Å². The minimum absolute atomic E-state index is 0.0730. The van der Waals surface area contributed by atoms with Crippen LogP contribution in [0.4, 0.5) is 0 Å². The second kappa shape index (κ2) is 4.26. The third-order valence-corrected chi connectivity index (χ3v) is 4.75. The lowest BCUT2D eigenvalue weighted by Gasteiger charge is -2.17. The third-order valence-electron chi connectivity index (χ3n) is 3.52. The Morgan fingerprint density at radius 1 is 1.33 bits per heavy atom. The third kappa shape index (κ3) is 2.61. The lowest BCUT2D eigenvalue weighted by atomic mass is 9.91. The molecular formula is C11H18O3S. The molecule has 0 aromatic carbocycles. The van der Waals surface area contributed by atoms with Crippen molar-refractivity contribution in [3.8, 4) is 0 Å². The molecule has 0 N–H and O–H groups in total. The van der Waals surface area contributed by atoms with E-state index in [0.29, 0.717) is 18.4 Å². The van der Waals surface area contributed by atoms with Gasteiger partial charge in [-0.25, -0.2) is 0 Å². The Balaban J connectivity index is 1.74. The van der Waals surface area contributed by atoms with Crippen LogP contribution in [0.1, 0.15) is 26.2 Å². The van der Waals surface area contributed by atoms with E-state index in [1.54, 1.807) is 6.92 Å². The minimum Gasteiger partial charge on any atom is -0.270 e. The maximum absolute atomic E-state index is 11.1. The van der Waals surface area contributed by atoms with Crippen LogP contribution >= 0.6 is 0 Å². The first-order valence-corrected chi connectivity index (χ1v) is 7.24. The summed E-state index contributed by atoms with van der Waals surface area (Å²) in [7, 11) is -3.24. The molecule has 2 rings (SSSR count). The number of hydrogen-bond acceptors (Lipinski definition) is 3. The maximum atomic E-state index is 11.1. The zero-order valence-electron chi connectivity index (χ0n) is 9.06. The van der Waals surface area contributed by atoms with E-state index in [1.807, 2.05) is 0 Å². The van der Waals surface area contributed by atoms with Crippen molar-refractivity contribution in [1.29, 1.82) is 0 Å². The van der Waals surface area contributed by atoms with Crippen molar-refractivity contribution >= 4 is 10.1 Å². The van der Waals surface area contributed by atoms with E-state index in [1.165, 1.54) is 12.8 Å². The molecule has 1 saturated carbocycles. The molecular weight excluding hydrogens is 212 g/mol. The van der Waals surface area contributed by atoms with Gasteiger partial charge in [0.2, 0.25) is 0 Å². The van der Waals surface area contributed by atoms with Gasteiger partial charge in [0.1, 0.15) is 0 Å². The van der Waals surface area contributed by atoms with Crippen molar-refractivity contribution < 1.29 is 12.6 Å². The second-order valence-electron chi connectivity index (χ2n) is 4.50. The highest BCUT2D eigenvalue weighted by Gasteiger charge is 2.35. The topological polar surface area (TPSA) is 43.4 Å². The van der Waals surface area contributed by atoms with Gasteiger partial charge in [-0.15, -0.1) is 0 Å². The fourth-order valence-corrected chi connectivity index (χ4v) is 3.15. The van der Waals surface area contributed by atoms with Gasteiger partial charge >= 0.3 is 0 Å². The molecule has 0 spiro atoms. The molecule has 4 heteroatoms. The van der Waals surface area contributed by atoms with Gasteiger partial charge in [0.25, 0.3) is 10.1 Å². The molecule has 0 aliphatic heterocycles. The highest BCUT2D eigenvalue weighted by Crippen LogP contribution is 2.44. The Kier molecular flexibility index (Phi) is 3.16. The van der Waals surface area contributed by atoms with Gasteiger partial charge in [-0.1, -0.05) is 12.2 Å². The summed E-state index contributed by atoms with van der Waals surface area (Å²) in [4.78, 5) is 0. The summed E-state index contributed by atoms with van der Waals surface area (Å²) >= 11 is 0. The Hall–Kier alpha value is -0.350. The van der Waals surface area contributed by atoms with Crippen molar-refractivity contribution in [3.05, 3.63) is 12.2 Å². The summed E-state index contributed by atoms with van der Waals surface area (Å²) in [5, 5.41) is 0. The summed E-state index contributed by atoms with van der Waals surface area (Å²) in [5.74, 6) is 2.15. The van der Waals surface area contributed by atoms with Gasteiger partial charge in [-0.3, -0.25) is 4.18 Å². The quantitative estimate of drug-likeness (QED) is 0.535. The summed E-state index contributed by atoms with van der Waals surface area (Å²) in [6.45, 7) is 1.97. The molecule has 2 aliphatic carbocycles. The molecule has 3 atom stereocenters. The van der Waals surface area contributed by atoms with Crippen LogP contribution in [0.5, 0.6) is 0 Å². The lowest BCUT2D eigenvalue weighted by molar-refractivity contribution is 0.267. The van der Waals surface area contributed by atoms with E-state index < -0.39 is 10.1 Å². The SMILES string of the molecule is CCS(=O)(=O)OCCC1CC2C=CC1C2. The van der Waals surface area contributed by atoms with E-state index in [2.05, 4.69) is 12.2 Å². The monoisotopic (exact) mass is 230 g/mol. The number of allylic oxidation sites excluding steroid dienone is 2. The molecule has 3 nitrogen and oxygen atoms in total. The molecule has 0 aromatic heterocycles. The van der Waals surface area contributed by atoms with Crippen LogP contribution < -0.4 is 0 Å². The van der Waals surface area contributed by atoms with E-state index in [-0.39, 0.29) is 5.75 Å². The van der Waals surface area contributed by atoms with Gasteiger partial charge in [-0.2, -0.15) is 8.42 Å². The first kappa shape index (κ1) is 11.1. The standard InChI is InChI=1S/C11H18O3S/c1-2-15(12,13)14-6-5-11-8-9-3-4-10(11)7-9/h3-4,9-11H,2,5-8H2,1H3. The number of fused-ring (bicyclic) bond motifs is 2. The Morgan fingerprint density at radius 2 is 2.13 bits per heavy atom. The van der Waals surface area contributed by atoms with Crippen molar-refractivity contribution in [3.63, 3.8) is 0 Å². The van der Waals surface area contributed by atoms with Crippen molar-refractivity contribution in [2.24, 2.45) is 17.8 Å². The van der Waals surface area contributed by atoms with E-state index in [4.69, 9.17) is 4.18 Å². The average Bonchev–Trinajstić information content (AvgIpc) is 2.79. The van der Waals surface area contributed by atoms with Gasteiger partial charge in [0, 0.05) is 0 Å². The van der Waals surface area contributed by atoms with Crippen LogP contribution in [-0.2, 0) is 14.3 Å². The Bertz CT molecular complexity index is 345. The number of hydrogen-bond donors (Lipinski definition) is 0. The zero-order valence-corrected chi connectivity index (χ0v) is 9.87. The summed E-state index contributed by atoms with van der Waals surface area (Å²) in [6, 6.07) is 0. The van der Waals surface area contributed by atoms with E-state index >= 15 is 0 Å². The summed E-state index contributed by atoms with van der Waals surface area (Å²) in [6.07, 6.45) is 7.95. The first-order valence-electron chi connectivity index (χ1n) is 5.66. The van der Waals surface area contributed by atoms with Crippen LogP contribution in [0.25, 0.3) is 0 Å². The molecule has 0 aromatic rings. The smallest absolute Gasteiger partial charge is 0.267 e. The molecule has 0 radical (unpaired) electrons. The van der Waals surface area contributed by atoms with Crippen molar-refractivity contribution in [1.82, 2.24) is 0 Å². The molecule has 0 heterocycles. The molecule has 86 valence electrons. The van der Waals surface area contributed by atoms with E-state index in [9.17, 15) is 8.42 Å². The molecule has 1 fully saturated rings. The van der Waals surface area contributed by atoms with Crippen LogP contribution in [0.2, 0.25) is 0 Å². The molecule has 0 saturated heterocycles. The predicted molar refractivity (Wildman–Crippen MR) is 58.9 cm³/mol. The summed E-state index contributed by atoms with van der Waals surface area (Å²) in [5.41, 5.74) is 0. The Labute approximate surface area is 91.6 Å². The fraction of sp³-hybridized carbons (Fsp3) is 0.818. The lowest BCUT2D eigenvalue weighted by Crippen LogP contribution is -2.14. The highest BCUT2D eigenvalue weighted by molar-refractivity contribution is 7.86. The minimum atomic E-state index is -3.24. The van der Waals surface area contributed by atoms with Gasteiger partial charge in [-0.05, 0) is 43.9 Å². The van der Waals surface area contributed by atoms with Gasteiger partial charge in [0.15, 0.2) is 0 Å². The average molecular weight is 230 g/mol. The normalized spacial score (nSPS) is 33.8. The molecule has 2 bridgehead atoms. The summed E-state index contributed by atoms with van der Waals surface area (Å²) < 4.78 is 27.1. The molecule has 2 aliphatic rings. The van der Waals surface area contributed by atoms with Crippen LogP contribution in [-0.4, -0.2) is 20.8 Å². The maximum Gasteiger partial charge on any atom is 0.267 e. The van der Waals surface area contributed by atoms with E-state index in [0.717, 1.165) is 12.3 Å². The van der Waals surface area contributed by atoms with Crippen molar-refractivity contribution in [2.75, 3.05) is 12.4 Å². The van der Waals surface area contributed by atoms with Crippen molar-refractivity contribution in [2.45, 2.75) is 26.2 Å². The zero-order chi connectivity index (χ0) is 10.9. The highest BCUT2D eigenvalue weighted by atomic mass is 32.2. The largest absolute Gasteiger partial charge is 0.270 e. The fourth-order valence-electron chi connectivity index (χ4n) is 2.64. The molecule has 15 heavy (non-hydrogen) atoms. The van der Waals surface area contributed by atoms with Crippen LogP contribution in [0, 0.1) is 17.8 Å². The second-order valence-corrected chi connectivity index (χ2v) is 6.43. The Morgan fingerprint density at radius 3 is 2.67 bits per heavy atom. The number of rotatable bonds is 5. The van der Waals surface area contributed by atoms with Crippen LogP contribution in [0.3, 0.4) is 0 Å². The predicted octanol–water partition coefficient (Wildman–Crippen LogP) is 1.96. The van der Waals surface area contributed by atoms with Crippen LogP contribution in [0.15, 0.2) is 12.2 Å². The molecule has 3 unspecified atom stereocenters. The first-order chi connectivity index (χ1) is 7.11. The molecule has 0 amide bonds. The van der Waals surface area contributed by atoms with Gasteiger partial charge < -0.3 is 0 Å².